The number of carbonyl (C=O) groups is 2. The molecule has 2 N–H and O–H groups in total. The third-order valence-corrected chi connectivity index (χ3v) is 4.82. The van der Waals surface area contributed by atoms with Crippen molar-refractivity contribution in [3.05, 3.63) is 76.2 Å². The molecular formula is C22H23N3O3S. The van der Waals surface area contributed by atoms with E-state index in [4.69, 9.17) is 4.74 Å². The van der Waals surface area contributed by atoms with Crippen molar-refractivity contribution in [3.8, 4) is 5.75 Å². The highest BCUT2D eigenvalue weighted by molar-refractivity contribution is 7.07. The van der Waals surface area contributed by atoms with Gasteiger partial charge in [-0.15, -0.1) is 11.3 Å². The van der Waals surface area contributed by atoms with Crippen molar-refractivity contribution in [3.63, 3.8) is 0 Å². The van der Waals surface area contributed by atoms with E-state index in [0.29, 0.717) is 24.5 Å². The van der Waals surface area contributed by atoms with Crippen LogP contribution < -0.4 is 15.4 Å². The number of thiazole rings is 1. The fourth-order valence-corrected chi connectivity index (χ4v) is 2.99. The lowest BCUT2D eigenvalue weighted by Gasteiger charge is -2.10. The number of nitrogens with zero attached hydrogens (tertiary/aromatic N) is 1. The van der Waals surface area contributed by atoms with Crippen LogP contribution >= 0.6 is 11.3 Å². The summed E-state index contributed by atoms with van der Waals surface area (Å²) in [5.74, 6) is 0.435. The van der Waals surface area contributed by atoms with Crippen molar-refractivity contribution in [2.75, 3.05) is 5.32 Å². The summed E-state index contributed by atoms with van der Waals surface area (Å²) in [5, 5.41) is 7.67. The maximum Gasteiger partial charge on any atom is 0.251 e. The van der Waals surface area contributed by atoms with E-state index >= 15 is 0 Å². The first-order chi connectivity index (χ1) is 14.0. The monoisotopic (exact) mass is 409 g/mol. The Hall–Kier alpha value is -3.19. The zero-order valence-electron chi connectivity index (χ0n) is 16.3. The second kappa shape index (κ2) is 9.84. The number of hydrogen-bond donors (Lipinski definition) is 2. The van der Waals surface area contributed by atoms with Gasteiger partial charge in [-0.3, -0.25) is 9.59 Å². The normalized spacial score (nSPS) is 10.6. The van der Waals surface area contributed by atoms with Gasteiger partial charge in [0.2, 0.25) is 5.91 Å². The van der Waals surface area contributed by atoms with E-state index in [1.54, 1.807) is 29.8 Å². The molecule has 6 nitrogen and oxygen atoms in total. The van der Waals surface area contributed by atoms with Crippen LogP contribution in [0.5, 0.6) is 5.75 Å². The Labute approximate surface area is 173 Å². The number of ether oxygens (including phenoxy) is 1. The van der Waals surface area contributed by atoms with E-state index in [1.165, 1.54) is 11.3 Å². The minimum Gasteiger partial charge on any atom is -0.487 e. The van der Waals surface area contributed by atoms with Crippen LogP contribution in [0.2, 0.25) is 0 Å². The summed E-state index contributed by atoms with van der Waals surface area (Å²) in [6, 6.07) is 14.4. The number of hydrogen-bond acceptors (Lipinski definition) is 5. The number of rotatable bonds is 8. The minimum atomic E-state index is -0.159. The molecule has 2 amide bonds. The molecule has 1 aromatic heterocycles. The largest absolute Gasteiger partial charge is 0.487 e. The molecule has 29 heavy (non-hydrogen) atoms. The summed E-state index contributed by atoms with van der Waals surface area (Å²) in [6.07, 6.45) is 0. The summed E-state index contributed by atoms with van der Waals surface area (Å²) in [4.78, 5) is 28.2. The van der Waals surface area contributed by atoms with Crippen molar-refractivity contribution in [1.29, 1.82) is 0 Å². The van der Waals surface area contributed by atoms with E-state index < -0.39 is 0 Å². The molecule has 0 saturated carbocycles. The first-order valence-corrected chi connectivity index (χ1v) is 10.2. The van der Waals surface area contributed by atoms with Gasteiger partial charge in [0.1, 0.15) is 12.4 Å². The topological polar surface area (TPSA) is 80.3 Å². The predicted molar refractivity (Wildman–Crippen MR) is 114 cm³/mol. The average Bonchev–Trinajstić information content (AvgIpc) is 3.25. The molecule has 0 aliphatic carbocycles. The molecule has 0 aliphatic rings. The summed E-state index contributed by atoms with van der Waals surface area (Å²) in [6.45, 7) is 4.50. The lowest BCUT2D eigenvalue weighted by Crippen LogP contribution is -2.22. The van der Waals surface area contributed by atoms with E-state index in [-0.39, 0.29) is 17.7 Å². The molecule has 7 heteroatoms. The van der Waals surface area contributed by atoms with Crippen LogP contribution in [0.4, 0.5) is 5.69 Å². The van der Waals surface area contributed by atoms with Gasteiger partial charge < -0.3 is 15.4 Å². The van der Waals surface area contributed by atoms with Crippen LogP contribution in [0, 0.1) is 5.92 Å². The lowest BCUT2D eigenvalue weighted by atomic mass is 10.1. The zero-order valence-corrected chi connectivity index (χ0v) is 17.2. The first-order valence-electron chi connectivity index (χ1n) is 9.29. The molecule has 0 aliphatic heterocycles. The van der Waals surface area contributed by atoms with Gasteiger partial charge in [0.25, 0.3) is 5.91 Å². The summed E-state index contributed by atoms with van der Waals surface area (Å²) in [7, 11) is 0. The molecule has 0 fully saturated rings. The van der Waals surface area contributed by atoms with Gasteiger partial charge in [-0.25, -0.2) is 4.98 Å². The molecule has 0 bridgehead atoms. The first kappa shape index (κ1) is 20.5. The number of nitrogens with one attached hydrogen (secondary N) is 2. The van der Waals surface area contributed by atoms with Crippen molar-refractivity contribution in [2.24, 2.45) is 5.92 Å². The fourth-order valence-electron chi connectivity index (χ4n) is 2.45. The average molecular weight is 410 g/mol. The van der Waals surface area contributed by atoms with Crippen LogP contribution in [0.15, 0.2) is 59.4 Å². The van der Waals surface area contributed by atoms with Gasteiger partial charge >= 0.3 is 0 Å². The molecule has 0 atom stereocenters. The molecule has 3 rings (SSSR count). The molecule has 3 aromatic rings. The SMILES string of the molecule is CC(C)C(=O)Nc1ccc(CNC(=O)c2ccc(OCc3cscn3)cc2)cc1. The third kappa shape index (κ3) is 6.15. The Balaban J connectivity index is 1.48. The highest BCUT2D eigenvalue weighted by atomic mass is 32.1. The highest BCUT2D eigenvalue weighted by Gasteiger charge is 2.08. The van der Waals surface area contributed by atoms with Crippen molar-refractivity contribution in [1.82, 2.24) is 10.3 Å². The summed E-state index contributed by atoms with van der Waals surface area (Å²) in [5.41, 5.74) is 4.90. The maximum atomic E-state index is 12.3. The van der Waals surface area contributed by atoms with Gasteiger partial charge in [0, 0.05) is 29.1 Å². The van der Waals surface area contributed by atoms with Crippen molar-refractivity contribution >= 4 is 28.8 Å². The van der Waals surface area contributed by atoms with Crippen LogP contribution in [-0.2, 0) is 17.9 Å². The second-order valence-electron chi connectivity index (χ2n) is 6.82. The molecular weight excluding hydrogens is 386 g/mol. The third-order valence-electron chi connectivity index (χ3n) is 4.19. The second-order valence-corrected chi connectivity index (χ2v) is 7.54. The fraction of sp³-hybridized carbons (Fsp3) is 0.227. The number of amides is 2. The molecule has 0 unspecified atom stereocenters. The van der Waals surface area contributed by atoms with E-state index in [2.05, 4.69) is 15.6 Å². The summed E-state index contributed by atoms with van der Waals surface area (Å²) >= 11 is 1.53. The van der Waals surface area contributed by atoms with E-state index in [0.717, 1.165) is 16.9 Å². The van der Waals surface area contributed by atoms with Crippen molar-refractivity contribution < 1.29 is 14.3 Å². The van der Waals surface area contributed by atoms with Gasteiger partial charge in [-0.1, -0.05) is 26.0 Å². The molecule has 0 radical (unpaired) electrons. The van der Waals surface area contributed by atoms with Crippen molar-refractivity contribution in [2.45, 2.75) is 27.0 Å². The Morgan fingerprint density at radius 1 is 1.07 bits per heavy atom. The molecule has 1 heterocycles. The van der Waals surface area contributed by atoms with Crippen LogP contribution in [-0.4, -0.2) is 16.8 Å². The number of carbonyl (C=O) groups excluding carboxylic acids is 2. The predicted octanol–water partition coefficient (Wildman–Crippen LogP) is 4.25. The van der Waals surface area contributed by atoms with Crippen LogP contribution in [0.3, 0.4) is 0 Å². The highest BCUT2D eigenvalue weighted by Crippen LogP contribution is 2.15. The number of aromatic nitrogens is 1. The number of anilines is 1. The van der Waals surface area contributed by atoms with Crippen LogP contribution in [0.25, 0.3) is 0 Å². The Kier molecular flexibility index (Phi) is 6.97. The quantitative estimate of drug-likeness (QED) is 0.583. The Bertz CT molecular complexity index is 936. The molecule has 0 saturated heterocycles. The van der Waals surface area contributed by atoms with E-state index in [9.17, 15) is 9.59 Å². The van der Waals surface area contributed by atoms with Gasteiger partial charge in [0.15, 0.2) is 0 Å². The summed E-state index contributed by atoms with van der Waals surface area (Å²) < 4.78 is 5.65. The molecule has 0 spiro atoms. The zero-order chi connectivity index (χ0) is 20.6. The van der Waals surface area contributed by atoms with Gasteiger partial charge in [-0.2, -0.15) is 0 Å². The smallest absolute Gasteiger partial charge is 0.251 e. The Morgan fingerprint density at radius 2 is 1.79 bits per heavy atom. The lowest BCUT2D eigenvalue weighted by molar-refractivity contribution is -0.118. The van der Waals surface area contributed by atoms with E-state index in [1.807, 2.05) is 43.5 Å². The number of benzene rings is 2. The standard InChI is InChI=1S/C22H23N3O3S/c1-15(2)21(26)25-18-7-3-16(4-8-18)11-23-22(27)17-5-9-20(10-6-17)28-12-19-13-29-14-24-19/h3-10,13-15H,11-12H2,1-2H3,(H,23,27)(H,25,26). The van der Waals surface area contributed by atoms with Crippen LogP contribution in [0.1, 0.15) is 35.5 Å². The van der Waals surface area contributed by atoms with Gasteiger partial charge in [-0.05, 0) is 42.0 Å². The minimum absolute atomic E-state index is 0.0231. The Morgan fingerprint density at radius 3 is 2.41 bits per heavy atom. The maximum absolute atomic E-state index is 12.3. The molecule has 150 valence electrons. The molecule has 2 aromatic carbocycles. The van der Waals surface area contributed by atoms with Gasteiger partial charge in [0.05, 0.1) is 11.2 Å².